The van der Waals surface area contributed by atoms with E-state index in [1.807, 2.05) is 24.3 Å². The van der Waals surface area contributed by atoms with Crippen molar-refractivity contribution in [3.63, 3.8) is 0 Å². The zero-order valence-corrected chi connectivity index (χ0v) is 13.1. The lowest BCUT2D eigenvalue weighted by molar-refractivity contribution is 0.226. The fraction of sp³-hybridized carbons (Fsp3) is 0.500. The van der Waals surface area contributed by atoms with Crippen molar-refractivity contribution in [3.8, 4) is 0 Å². The molecule has 2 amide bonds. The molecule has 0 aliphatic carbocycles. The Morgan fingerprint density at radius 2 is 2.00 bits per heavy atom. The van der Waals surface area contributed by atoms with Gasteiger partial charge in [-0.25, -0.2) is 4.79 Å². The summed E-state index contributed by atoms with van der Waals surface area (Å²) in [6, 6.07) is 7.77. The van der Waals surface area contributed by atoms with Crippen molar-refractivity contribution in [2.24, 2.45) is 0 Å². The van der Waals surface area contributed by atoms with Crippen LogP contribution in [0.3, 0.4) is 0 Å². The first-order valence-electron chi connectivity index (χ1n) is 6.94. The van der Waals surface area contributed by atoms with Crippen LogP contribution in [0.25, 0.3) is 0 Å². The summed E-state index contributed by atoms with van der Waals surface area (Å²) in [6.45, 7) is 6.30. The molecule has 3 N–H and O–H groups in total. The van der Waals surface area contributed by atoms with Gasteiger partial charge in [-0.15, -0.1) is 0 Å². The number of urea groups is 1. The Balaban J connectivity index is 1.62. The summed E-state index contributed by atoms with van der Waals surface area (Å²) >= 11 is 3.47. The number of carbonyl (C=O) groups excluding carboxylic acids is 1. The Bertz CT molecular complexity index is 435. The van der Waals surface area contributed by atoms with E-state index in [4.69, 9.17) is 0 Å². The van der Waals surface area contributed by atoms with Crippen molar-refractivity contribution in [1.29, 1.82) is 0 Å². The maximum atomic E-state index is 11.7. The van der Waals surface area contributed by atoms with Crippen molar-refractivity contribution in [1.82, 2.24) is 20.9 Å². The van der Waals surface area contributed by atoms with Crippen LogP contribution >= 0.6 is 15.9 Å². The molecule has 2 rings (SSSR count). The highest BCUT2D eigenvalue weighted by molar-refractivity contribution is 9.10. The summed E-state index contributed by atoms with van der Waals surface area (Å²) in [7, 11) is 0. The second-order valence-electron chi connectivity index (χ2n) is 4.79. The Hall–Kier alpha value is -1.11. The highest BCUT2D eigenvalue weighted by Crippen LogP contribution is 2.15. The number of nitrogens with one attached hydrogen (secondary N) is 3. The Kier molecular flexibility index (Phi) is 6.29. The molecular weight excluding hydrogens is 320 g/mol. The number of benzene rings is 1. The lowest BCUT2D eigenvalue weighted by Gasteiger charge is -2.27. The van der Waals surface area contributed by atoms with Crippen LogP contribution in [0.4, 0.5) is 4.79 Å². The molecule has 1 aromatic rings. The van der Waals surface area contributed by atoms with Gasteiger partial charge in [-0.05, 0) is 11.6 Å². The fourth-order valence-corrected chi connectivity index (χ4v) is 2.57. The minimum Gasteiger partial charge on any atom is -0.337 e. The minimum absolute atomic E-state index is 0.115. The van der Waals surface area contributed by atoms with E-state index in [1.165, 1.54) is 0 Å². The third-order valence-corrected chi connectivity index (χ3v) is 4.09. The minimum atomic E-state index is -0.115. The van der Waals surface area contributed by atoms with E-state index >= 15 is 0 Å². The summed E-state index contributed by atoms with van der Waals surface area (Å²) in [5.41, 5.74) is 1.07. The van der Waals surface area contributed by atoms with Crippen molar-refractivity contribution in [2.45, 2.75) is 6.54 Å². The van der Waals surface area contributed by atoms with Crippen molar-refractivity contribution >= 4 is 22.0 Å². The number of hydrogen-bond acceptors (Lipinski definition) is 3. The number of rotatable bonds is 5. The third-order valence-electron chi connectivity index (χ3n) is 3.32. The van der Waals surface area contributed by atoms with E-state index in [0.717, 1.165) is 42.8 Å². The number of halogens is 1. The quantitative estimate of drug-likeness (QED) is 0.753. The SMILES string of the molecule is O=C(NCCN1CCNCC1)NCc1ccccc1Br. The first kappa shape index (κ1) is 15.3. The molecule has 0 unspecified atom stereocenters. The Labute approximate surface area is 128 Å². The van der Waals surface area contributed by atoms with Crippen molar-refractivity contribution in [3.05, 3.63) is 34.3 Å². The maximum absolute atomic E-state index is 11.7. The summed E-state index contributed by atoms with van der Waals surface area (Å²) in [5.74, 6) is 0. The van der Waals surface area contributed by atoms with Gasteiger partial charge in [0.25, 0.3) is 0 Å². The summed E-state index contributed by atoms with van der Waals surface area (Å²) in [4.78, 5) is 14.1. The summed E-state index contributed by atoms with van der Waals surface area (Å²) in [5, 5.41) is 9.07. The van der Waals surface area contributed by atoms with Crippen LogP contribution < -0.4 is 16.0 Å². The van der Waals surface area contributed by atoms with Gasteiger partial charge in [0.2, 0.25) is 0 Å². The molecule has 20 heavy (non-hydrogen) atoms. The van der Waals surface area contributed by atoms with E-state index in [0.29, 0.717) is 13.1 Å². The van der Waals surface area contributed by atoms with Gasteiger partial charge in [-0.2, -0.15) is 0 Å². The van der Waals surface area contributed by atoms with E-state index in [1.54, 1.807) is 0 Å². The van der Waals surface area contributed by atoms with E-state index < -0.39 is 0 Å². The van der Waals surface area contributed by atoms with Gasteiger partial charge in [-0.3, -0.25) is 4.90 Å². The first-order chi connectivity index (χ1) is 9.75. The molecule has 1 aromatic carbocycles. The fourth-order valence-electron chi connectivity index (χ4n) is 2.14. The molecule has 110 valence electrons. The second kappa shape index (κ2) is 8.24. The van der Waals surface area contributed by atoms with Crippen LogP contribution in [0, 0.1) is 0 Å². The second-order valence-corrected chi connectivity index (χ2v) is 5.65. The molecule has 0 bridgehead atoms. The van der Waals surface area contributed by atoms with Crippen molar-refractivity contribution < 1.29 is 4.79 Å². The lowest BCUT2D eigenvalue weighted by Crippen LogP contribution is -2.47. The van der Waals surface area contributed by atoms with Gasteiger partial charge in [0.15, 0.2) is 0 Å². The topological polar surface area (TPSA) is 56.4 Å². The smallest absolute Gasteiger partial charge is 0.315 e. The molecule has 0 atom stereocenters. The number of nitrogens with zero attached hydrogens (tertiary/aromatic N) is 1. The summed E-state index contributed by atoms with van der Waals surface area (Å²) in [6.07, 6.45) is 0. The molecule has 0 aromatic heterocycles. The first-order valence-corrected chi connectivity index (χ1v) is 7.73. The number of piperazine rings is 1. The zero-order chi connectivity index (χ0) is 14.2. The Morgan fingerprint density at radius 1 is 1.25 bits per heavy atom. The van der Waals surface area contributed by atoms with Gasteiger partial charge in [0, 0.05) is 50.3 Å². The van der Waals surface area contributed by atoms with Crippen LogP contribution in [0.15, 0.2) is 28.7 Å². The highest BCUT2D eigenvalue weighted by Gasteiger charge is 2.09. The van der Waals surface area contributed by atoms with E-state index in [-0.39, 0.29) is 6.03 Å². The molecule has 6 heteroatoms. The molecule has 1 aliphatic heterocycles. The number of hydrogen-bond donors (Lipinski definition) is 3. The van der Waals surface area contributed by atoms with Crippen LogP contribution in [0.2, 0.25) is 0 Å². The summed E-state index contributed by atoms with van der Waals surface area (Å²) < 4.78 is 1.01. The maximum Gasteiger partial charge on any atom is 0.315 e. The molecule has 0 spiro atoms. The molecule has 1 saturated heterocycles. The van der Waals surface area contributed by atoms with Gasteiger partial charge in [-0.1, -0.05) is 34.1 Å². The van der Waals surface area contributed by atoms with Gasteiger partial charge in [0.1, 0.15) is 0 Å². The normalized spacial score (nSPS) is 15.8. The molecule has 1 fully saturated rings. The lowest BCUT2D eigenvalue weighted by atomic mass is 10.2. The molecule has 0 radical (unpaired) electrons. The van der Waals surface area contributed by atoms with Crippen LogP contribution in [-0.4, -0.2) is 50.2 Å². The third kappa shape index (κ3) is 5.11. The van der Waals surface area contributed by atoms with Crippen LogP contribution in [-0.2, 0) is 6.54 Å². The van der Waals surface area contributed by atoms with Gasteiger partial charge >= 0.3 is 6.03 Å². The Morgan fingerprint density at radius 3 is 2.75 bits per heavy atom. The predicted molar refractivity (Wildman–Crippen MR) is 83.7 cm³/mol. The predicted octanol–water partition coefficient (Wildman–Crippen LogP) is 1.15. The molecule has 1 aliphatic rings. The molecular formula is C14H21BrN4O. The number of carbonyl (C=O) groups is 1. The largest absolute Gasteiger partial charge is 0.337 e. The van der Waals surface area contributed by atoms with E-state index in [9.17, 15) is 4.79 Å². The average molecular weight is 341 g/mol. The monoisotopic (exact) mass is 340 g/mol. The van der Waals surface area contributed by atoms with E-state index in [2.05, 4.69) is 36.8 Å². The van der Waals surface area contributed by atoms with Crippen molar-refractivity contribution in [2.75, 3.05) is 39.3 Å². The average Bonchev–Trinajstić information content (AvgIpc) is 2.47. The van der Waals surface area contributed by atoms with Gasteiger partial charge < -0.3 is 16.0 Å². The zero-order valence-electron chi connectivity index (χ0n) is 11.5. The van der Waals surface area contributed by atoms with Gasteiger partial charge in [0.05, 0.1) is 0 Å². The highest BCUT2D eigenvalue weighted by atomic mass is 79.9. The number of amides is 2. The molecule has 0 saturated carbocycles. The molecule has 5 nitrogen and oxygen atoms in total. The van der Waals surface area contributed by atoms with Crippen LogP contribution in [0.5, 0.6) is 0 Å². The molecule has 1 heterocycles. The van der Waals surface area contributed by atoms with Crippen LogP contribution in [0.1, 0.15) is 5.56 Å². The standard InChI is InChI=1S/C14H21BrN4O/c15-13-4-2-1-3-12(13)11-18-14(20)17-7-10-19-8-5-16-6-9-19/h1-4,16H,5-11H2,(H2,17,18,20).